The van der Waals surface area contributed by atoms with Gasteiger partial charge in [0.25, 0.3) is 0 Å². The first-order valence-corrected chi connectivity index (χ1v) is 10.7. The van der Waals surface area contributed by atoms with Crippen LogP contribution < -0.4 is 10.6 Å². The average Bonchev–Trinajstić information content (AvgIpc) is 3.08. The van der Waals surface area contributed by atoms with Crippen LogP contribution in [0.2, 0.25) is 0 Å². The molecule has 32 heavy (non-hydrogen) atoms. The molecule has 7 heteroatoms. The third-order valence-corrected chi connectivity index (χ3v) is 6.33. The summed E-state index contributed by atoms with van der Waals surface area (Å²) >= 11 is 0. The molecule has 2 aromatic rings. The average molecular weight is 434 g/mol. The van der Waals surface area contributed by atoms with Gasteiger partial charge in [-0.3, -0.25) is 4.79 Å². The van der Waals surface area contributed by atoms with E-state index in [4.69, 9.17) is 4.74 Å². The van der Waals surface area contributed by atoms with Crippen molar-refractivity contribution in [3.05, 3.63) is 71.3 Å². The molecule has 0 aliphatic heterocycles. The summed E-state index contributed by atoms with van der Waals surface area (Å²) in [4.78, 5) is 35.9. The van der Waals surface area contributed by atoms with E-state index in [9.17, 15) is 19.5 Å². The SMILES string of the molecule is C/C(=C\CNC(=O)OCC1c2ccccc2-c2ccccc21)C(=O)NC1(C(=O)O)CCC1. The van der Waals surface area contributed by atoms with Crippen molar-refractivity contribution >= 4 is 18.0 Å². The molecule has 0 aromatic heterocycles. The lowest BCUT2D eigenvalue weighted by Gasteiger charge is -2.38. The summed E-state index contributed by atoms with van der Waals surface area (Å²) in [7, 11) is 0. The van der Waals surface area contributed by atoms with Gasteiger partial charge in [0.05, 0.1) is 0 Å². The summed E-state index contributed by atoms with van der Waals surface area (Å²) in [6.45, 7) is 1.91. The Kier molecular flexibility index (Phi) is 5.99. The van der Waals surface area contributed by atoms with Gasteiger partial charge < -0.3 is 20.5 Å². The van der Waals surface area contributed by atoms with E-state index in [1.54, 1.807) is 13.0 Å². The van der Waals surface area contributed by atoms with Crippen LogP contribution >= 0.6 is 0 Å². The van der Waals surface area contributed by atoms with E-state index in [-0.39, 0.29) is 19.1 Å². The molecule has 1 saturated carbocycles. The number of carboxylic acids is 1. The quantitative estimate of drug-likeness (QED) is 0.578. The van der Waals surface area contributed by atoms with E-state index in [1.165, 1.54) is 0 Å². The maximum atomic E-state index is 12.3. The zero-order valence-electron chi connectivity index (χ0n) is 17.9. The molecule has 0 spiro atoms. The van der Waals surface area contributed by atoms with E-state index < -0.39 is 23.5 Å². The Morgan fingerprint density at radius 2 is 1.66 bits per heavy atom. The number of fused-ring (bicyclic) bond motifs is 3. The highest BCUT2D eigenvalue weighted by Gasteiger charge is 2.45. The molecule has 1 fully saturated rings. The number of alkyl carbamates (subject to hydrolysis) is 1. The van der Waals surface area contributed by atoms with E-state index >= 15 is 0 Å². The Hall–Kier alpha value is -3.61. The van der Waals surface area contributed by atoms with Crippen LogP contribution in [-0.2, 0) is 14.3 Å². The van der Waals surface area contributed by atoms with Gasteiger partial charge in [-0.25, -0.2) is 9.59 Å². The number of carbonyl (C=O) groups is 3. The summed E-state index contributed by atoms with van der Waals surface area (Å²) < 4.78 is 5.46. The van der Waals surface area contributed by atoms with Crippen molar-refractivity contribution in [2.45, 2.75) is 37.6 Å². The lowest BCUT2D eigenvalue weighted by atomic mass is 9.76. The molecule has 0 heterocycles. The number of hydrogen-bond acceptors (Lipinski definition) is 4. The van der Waals surface area contributed by atoms with Gasteiger partial charge in [-0.1, -0.05) is 54.6 Å². The van der Waals surface area contributed by atoms with Crippen LogP contribution in [0.25, 0.3) is 11.1 Å². The second kappa shape index (κ2) is 8.86. The van der Waals surface area contributed by atoms with Crippen LogP contribution in [0.1, 0.15) is 43.2 Å². The van der Waals surface area contributed by atoms with Gasteiger partial charge in [-0.05, 0) is 48.4 Å². The Labute approximate surface area is 186 Å². The van der Waals surface area contributed by atoms with Gasteiger partial charge >= 0.3 is 12.1 Å². The summed E-state index contributed by atoms with van der Waals surface area (Å²) in [6.07, 6.45) is 2.61. The molecule has 166 valence electrons. The first-order chi connectivity index (χ1) is 15.4. The molecule has 0 saturated heterocycles. The van der Waals surface area contributed by atoms with Crippen molar-refractivity contribution in [3.8, 4) is 11.1 Å². The maximum Gasteiger partial charge on any atom is 0.407 e. The lowest BCUT2D eigenvalue weighted by Crippen LogP contribution is -2.59. The Morgan fingerprint density at radius 1 is 1.06 bits per heavy atom. The van der Waals surface area contributed by atoms with Gasteiger partial charge in [0.15, 0.2) is 0 Å². The third-order valence-electron chi connectivity index (χ3n) is 6.33. The molecular formula is C25H26N2O5. The van der Waals surface area contributed by atoms with Crippen molar-refractivity contribution in [2.24, 2.45) is 0 Å². The van der Waals surface area contributed by atoms with Crippen molar-refractivity contribution in [1.82, 2.24) is 10.6 Å². The number of nitrogens with one attached hydrogen (secondary N) is 2. The van der Waals surface area contributed by atoms with Crippen LogP contribution in [0.4, 0.5) is 4.79 Å². The first-order valence-electron chi connectivity index (χ1n) is 10.7. The normalized spacial score (nSPS) is 16.3. The monoisotopic (exact) mass is 434 g/mol. The van der Waals surface area contributed by atoms with Gasteiger partial charge in [0.1, 0.15) is 12.1 Å². The molecule has 2 aliphatic rings. The second-order valence-electron chi connectivity index (χ2n) is 8.29. The van der Waals surface area contributed by atoms with E-state index in [0.717, 1.165) is 28.7 Å². The largest absolute Gasteiger partial charge is 0.480 e. The Morgan fingerprint density at radius 3 is 2.19 bits per heavy atom. The van der Waals surface area contributed by atoms with Crippen molar-refractivity contribution in [1.29, 1.82) is 0 Å². The summed E-state index contributed by atoms with van der Waals surface area (Å²) in [5.41, 5.74) is 3.78. The van der Waals surface area contributed by atoms with E-state index in [2.05, 4.69) is 34.9 Å². The zero-order chi connectivity index (χ0) is 22.7. The fraction of sp³-hybridized carbons (Fsp3) is 0.320. The van der Waals surface area contributed by atoms with Gasteiger partial charge in [0.2, 0.25) is 5.91 Å². The van der Waals surface area contributed by atoms with Crippen molar-refractivity contribution in [2.75, 3.05) is 13.2 Å². The van der Waals surface area contributed by atoms with Gasteiger partial charge in [-0.2, -0.15) is 0 Å². The lowest BCUT2D eigenvalue weighted by molar-refractivity contribution is -0.151. The summed E-state index contributed by atoms with van der Waals surface area (Å²) in [6, 6.07) is 16.2. The Balaban J connectivity index is 1.29. The van der Waals surface area contributed by atoms with Crippen molar-refractivity contribution in [3.63, 3.8) is 0 Å². The highest BCUT2D eigenvalue weighted by molar-refractivity contribution is 5.97. The fourth-order valence-electron chi connectivity index (χ4n) is 4.27. The number of hydrogen-bond donors (Lipinski definition) is 3. The maximum absolute atomic E-state index is 12.3. The highest BCUT2D eigenvalue weighted by Crippen LogP contribution is 2.44. The number of carbonyl (C=O) groups excluding carboxylic acids is 2. The molecule has 2 aromatic carbocycles. The number of benzene rings is 2. The number of rotatable bonds is 7. The van der Waals surface area contributed by atoms with Crippen LogP contribution in [0.3, 0.4) is 0 Å². The van der Waals surface area contributed by atoms with Crippen LogP contribution in [0, 0.1) is 0 Å². The van der Waals surface area contributed by atoms with E-state index in [1.807, 2.05) is 24.3 Å². The molecule has 3 N–H and O–H groups in total. The predicted molar refractivity (Wildman–Crippen MR) is 119 cm³/mol. The zero-order valence-corrected chi connectivity index (χ0v) is 17.9. The van der Waals surface area contributed by atoms with Gasteiger partial charge in [0, 0.05) is 18.0 Å². The first kappa shape index (κ1) is 21.6. The highest BCUT2D eigenvalue weighted by atomic mass is 16.5. The molecule has 2 aliphatic carbocycles. The molecule has 0 bridgehead atoms. The predicted octanol–water partition coefficient (Wildman–Crippen LogP) is 3.59. The number of ether oxygens (including phenoxy) is 1. The fourth-order valence-corrected chi connectivity index (χ4v) is 4.27. The van der Waals surface area contributed by atoms with Gasteiger partial charge in [-0.15, -0.1) is 0 Å². The number of amides is 2. The molecule has 4 rings (SSSR count). The molecular weight excluding hydrogens is 408 g/mol. The van der Waals surface area contributed by atoms with Crippen LogP contribution in [0.15, 0.2) is 60.2 Å². The molecule has 7 nitrogen and oxygen atoms in total. The van der Waals surface area contributed by atoms with Crippen LogP contribution in [0.5, 0.6) is 0 Å². The topological polar surface area (TPSA) is 105 Å². The Bertz CT molecular complexity index is 1040. The minimum atomic E-state index is -1.16. The van der Waals surface area contributed by atoms with E-state index in [0.29, 0.717) is 18.4 Å². The van der Waals surface area contributed by atoms with Crippen LogP contribution in [-0.4, -0.2) is 41.8 Å². The number of aliphatic carboxylic acids is 1. The smallest absolute Gasteiger partial charge is 0.407 e. The van der Waals surface area contributed by atoms with Crippen molar-refractivity contribution < 1.29 is 24.2 Å². The second-order valence-corrected chi connectivity index (χ2v) is 8.29. The molecule has 2 amide bonds. The molecule has 0 radical (unpaired) electrons. The summed E-state index contributed by atoms with van der Waals surface area (Å²) in [5.74, 6) is -1.48. The molecule has 0 atom stereocenters. The minimum absolute atomic E-state index is 0.0223. The standard InChI is InChI=1S/C25H26N2O5/c1-16(22(28)27-25(23(29)30)12-6-13-25)11-14-26-24(31)32-15-21-19-9-4-2-7-17(19)18-8-3-5-10-20(18)21/h2-5,7-11,21H,6,12-15H2,1H3,(H,26,31)(H,27,28)(H,29,30)/b16-11+. The minimum Gasteiger partial charge on any atom is -0.480 e. The molecule has 0 unspecified atom stereocenters. The summed E-state index contributed by atoms with van der Waals surface area (Å²) in [5, 5.41) is 14.5. The third kappa shape index (κ3) is 4.10. The number of carboxylic acid groups (broad SMARTS) is 1.